The number of hydrogen-bond acceptors (Lipinski definition) is 3. The van der Waals surface area contributed by atoms with E-state index in [4.69, 9.17) is 4.74 Å². The van der Waals surface area contributed by atoms with Crippen molar-refractivity contribution in [2.45, 2.75) is 59.2 Å². The number of morpholine rings is 1. The molecule has 21 heavy (non-hydrogen) atoms. The first-order valence-electron chi connectivity index (χ1n) is 8.10. The van der Waals surface area contributed by atoms with Crippen LogP contribution < -0.4 is 10.2 Å². The monoisotopic (exact) mass is 290 g/mol. The second-order valence-electron chi connectivity index (χ2n) is 7.07. The van der Waals surface area contributed by atoms with Gasteiger partial charge in [-0.2, -0.15) is 0 Å². The molecule has 1 saturated heterocycles. The van der Waals surface area contributed by atoms with E-state index in [-0.39, 0.29) is 5.54 Å². The summed E-state index contributed by atoms with van der Waals surface area (Å²) in [5, 5.41) is 3.55. The highest BCUT2D eigenvalue weighted by atomic mass is 16.5. The minimum absolute atomic E-state index is 0.158. The Hall–Kier alpha value is -1.06. The molecule has 1 aliphatic rings. The van der Waals surface area contributed by atoms with Gasteiger partial charge in [-0.15, -0.1) is 0 Å². The number of anilines is 1. The van der Waals surface area contributed by atoms with Gasteiger partial charge in [0.2, 0.25) is 0 Å². The lowest BCUT2D eigenvalue weighted by molar-refractivity contribution is 0.0384. The Kier molecular flexibility index (Phi) is 5.28. The third kappa shape index (κ3) is 4.72. The van der Waals surface area contributed by atoms with Crippen molar-refractivity contribution in [2.24, 2.45) is 0 Å². The van der Waals surface area contributed by atoms with Crippen molar-refractivity contribution in [3.63, 3.8) is 0 Å². The van der Waals surface area contributed by atoms with Crippen LogP contribution >= 0.6 is 0 Å². The Labute approximate surface area is 129 Å². The average Bonchev–Trinajstić information content (AvgIpc) is 2.44. The summed E-state index contributed by atoms with van der Waals surface area (Å²) in [6.07, 6.45) is 1.46. The molecule has 118 valence electrons. The zero-order chi connectivity index (χ0) is 15.5. The number of ether oxygens (including phenoxy) is 1. The molecule has 1 N–H and O–H groups in total. The summed E-state index contributed by atoms with van der Waals surface area (Å²) in [4.78, 5) is 2.47. The molecule has 1 aromatic rings. The molecule has 2 rings (SSSR count). The van der Waals surface area contributed by atoms with Gasteiger partial charge in [-0.25, -0.2) is 0 Å². The molecule has 3 heteroatoms. The van der Waals surface area contributed by atoms with Crippen LogP contribution in [0.2, 0.25) is 0 Å². The van der Waals surface area contributed by atoms with E-state index in [9.17, 15) is 0 Å². The lowest BCUT2D eigenvalue weighted by Gasteiger charge is -2.35. The SMILES string of the molecule is CCC1CN(c2ccc(CNC(C)(C)C)cc2C)CCO1. The third-order valence-corrected chi connectivity index (χ3v) is 4.02. The first kappa shape index (κ1) is 16.3. The smallest absolute Gasteiger partial charge is 0.0748 e. The van der Waals surface area contributed by atoms with E-state index >= 15 is 0 Å². The van der Waals surface area contributed by atoms with Crippen molar-refractivity contribution >= 4 is 5.69 Å². The van der Waals surface area contributed by atoms with Gasteiger partial charge in [0, 0.05) is 30.9 Å². The van der Waals surface area contributed by atoms with Gasteiger partial charge in [0.15, 0.2) is 0 Å². The molecule has 1 aliphatic heterocycles. The largest absolute Gasteiger partial charge is 0.375 e. The Morgan fingerprint density at radius 1 is 1.33 bits per heavy atom. The van der Waals surface area contributed by atoms with Crippen LogP contribution in [0.3, 0.4) is 0 Å². The molecule has 0 spiro atoms. The predicted octanol–water partition coefficient (Wildman–Crippen LogP) is 3.50. The molecular weight excluding hydrogens is 260 g/mol. The maximum atomic E-state index is 5.77. The summed E-state index contributed by atoms with van der Waals surface area (Å²) in [7, 11) is 0. The Morgan fingerprint density at radius 3 is 2.71 bits per heavy atom. The summed E-state index contributed by atoms with van der Waals surface area (Å²) >= 11 is 0. The van der Waals surface area contributed by atoms with E-state index in [2.05, 4.69) is 63.0 Å². The van der Waals surface area contributed by atoms with E-state index in [1.807, 2.05) is 0 Å². The van der Waals surface area contributed by atoms with Crippen LogP contribution in [0.25, 0.3) is 0 Å². The second-order valence-corrected chi connectivity index (χ2v) is 7.07. The van der Waals surface area contributed by atoms with Gasteiger partial charge in [-0.1, -0.05) is 19.1 Å². The van der Waals surface area contributed by atoms with Gasteiger partial charge in [0.05, 0.1) is 12.7 Å². The van der Waals surface area contributed by atoms with Gasteiger partial charge >= 0.3 is 0 Å². The summed E-state index contributed by atoms with van der Waals surface area (Å²) in [5.74, 6) is 0. The summed E-state index contributed by atoms with van der Waals surface area (Å²) in [5.41, 5.74) is 4.23. The van der Waals surface area contributed by atoms with E-state index < -0.39 is 0 Å². The van der Waals surface area contributed by atoms with E-state index in [1.165, 1.54) is 16.8 Å². The van der Waals surface area contributed by atoms with Crippen LogP contribution in [-0.4, -0.2) is 31.3 Å². The topological polar surface area (TPSA) is 24.5 Å². The molecule has 1 atom stereocenters. The van der Waals surface area contributed by atoms with Crippen LogP contribution in [0.15, 0.2) is 18.2 Å². The summed E-state index contributed by atoms with van der Waals surface area (Å²) < 4.78 is 5.77. The summed E-state index contributed by atoms with van der Waals surface area (Å²) in [6.45, 7) is 14.8. The van der Waals surface area contributed by atoms with Crippen molar-refractivity contribution in [1.82, 2.24) is 5.32 Å². The molecule has 0 aromatic heterocycles. The fourth-order valence-corrected chi connectivity index (χ4v) is 2.73. The molecule has 0 amide bonds. The van der Waals surface area contributed by atoms with E-state index in [1.54, 1.807) is 0 Å². The fraction of sp³-hybridized carbons (Fsp3) is 0.667. The molecule has 1 unspecified atom stereocenters. The molecule has 1 heterocycles. The first-order valence-corrected chi connectivity index (χ1v) is 8.10. The number of rotatable bonds is 4. The van der Waals surface area contributed by atoms with Gasteiger partial charge in [-0.05, 0) is 51.3 Å². The van der Waals surface area contributed by atoms with Gasteiger partial charge in [0.25, 0.3) is 0 Å². The number of hydrogen-bond donors (Lipinski definition) is 1. The maximum Gasteiger partial charge on any atom is 0.0748 e. The Morgan fingerprint density at radius 2 is 2.10 bits per heavy atom. The second kappa shape index (κ2) is 6.80. The molecule has 0 radical (unpaired) electrons. The predicted molar refractivity (Wildman–Crippen MR) is 90.0 cm³/mol. The number of nitrogens with one attached hydrogen (secondary N) is 1. The van der Waals surface area contributed by atoms with Crippen LogP contribution in [-0.2, 0) is 11.3 Å². The van der Waals surface area contributed by atoms with Crippen LogP contribution in [0.5, 0.6) is 0 Å². The van der Waals surface area contributed by atoms with Crippen molar-refractivity contribution < 1.29 is 4.74 Å². The Bertz CT molecular complexity index is 465. The van der Waals surface area contributed by atoms with Gasteiger partial charge in [-0.3, -0.25) is 0 Å². The van der Waals surface area contributed by atoms with E-state index in [0.29, 0.717) is 6.10 Å². The van der Waals surface area contributed by atoms with Crippen molar-refractivity contribution in [2.75, 3.05) is 24.6 Å². The highest BCUT2D eigenvalue weighted by molar-refractivity contribution is 5.54. The molecule has 1 fully saturated rings. The highest BCUT2D eigenvalue weighted by Gasteiger charge is 2.20. The minimum atomic E-state index is 0.158. The first-order chi connectivity index (χ1) is 9.89. The van der Waals surface area contributed by atoms with Crippen molar-refractivity contribution in [3.8, 4) is 0 Å². The molecule has 0 aliphatic carbocycles. The Balaban J connectivity index is 2.05. The third-order valence-electron chi connectivity index (χ3n) is 4.02. The normalized spacial score (nSPS) is 19.9. The molecule has 1 aromatic carbocycles. The number of benzene rings is 1. The fourth-order valence-electron chi connectivity index (χ4n) is 2.73. The average molecular weight is 290 g/mol. The number of nitrogens with zero attached hydrogens (tertiary/aromatic N) is 1. The van der Waals surface area contributed by atoms with Crippen molar-refractivity contribution in [1.29, 1.82) is 0 Å². The lowest BCUT2D eigenvalue weighted by Crippen LogP contribution is -2.42. The zero-order valence-electron chi connectivity index (χ0n) is 14.2. The maximum absolute atomic E-state index is 5.77. The molecule has 0 saturated carbocycles. The van der Waals surface area contributed by atoms with E-state index in [0.717, 1.165) is 32.7 Å². The van der Waals surface area contributed by atoms with Crippen LogP contribution in [0, 0.1) is 6.92 Å². The lowest BCUT2D eigenvalue weighted by atomic mass is 10.1. The number of aryl methyl sites for hydroxylation is 1. The van der Waals surface area contributed by atoms with Gasteiger partial charge in [0.1, 0.15) is 0 Å². The van der Waals surface area contributed by atoms with Crippen molar-refractivity contribution in [3.05, 3.63) is 29.3 Å². The standard InChI is InChI=1S/C18H30N2O/c1-6-16-13-20(9-10-21-16)17-8-7-15(11-14(17)2)12-19-18(3,4)5/h7-8,11,16,19H,6,9-10,12-13H2,1-5H3. The van der Waals surface area contributed by atoms with Crippen LogP contribution in [0.1, 0.15) is 45.2 Å². The summed E-state index contributed by atoms with van der Waals surface area (Å²) in [6, 6.07) is 6.83. The molecule has 0 bridgehead atoms. The highest BCUT2D eigenvalue weighted by Crippen LogP contribution is 2.24. The van der Waals surface area contributed by atoms with Gasteiger partial charge < -0.3 is 15.0 Å². The zero-order valence-corrected chi connectivity index (χ0v) is 14.2. The minimum Gasteiger partial charge on any atom is -0.375 e. The quantitative estimate of drug-likeness (QED) is 0.918. The molecular formula is C18H30N2O. The molecule has 3 nitrogen and oxygen atoms in total. The van der Waals surface area contributed by atoms with Crippen LogP contribution in [0.4, 0.5) is 5.69 Å².